The molecule has 2 aromatic heterocycles. The highest BCUT2D eigenvalue weighted by Gasteiger charge is 2.03. The fourth-order valence-electron chi connectivity index (χ4n) is 2.93. The van der Waals surface area contributed by atoms with Crippen molar-refractivity contribution in [1.82, 2.24) is 4.98 Å². The van der Waals surface area contributed by atoms with Crippen LogP contribution in [0.2, 0.25) is 0 Å². The van der Waals surface area contributed by atoms with Gasteiger partial charge in [0.2, 0.25) is 0 Å². The van der Waals surface area contributed by atoms with Crippen molar-refractivity contribution in [2.24, 2.45) is 0 Å². The highest BCUT2D eigenvalue weighted by molar-refractivity contribution is 5.91. The van der Waals surface area contributed by atoms with E-state index in [2.05, 4.69) is 41.7 Å². The van der Waals surface area contributed by atoms with Gasteiger partial charge in [0.25, 0.3) is 0 Å². The molecule has 128 valence electrons. The number of anilines is 1. The van der Waals surface area contributed by atoms with Crippen LogP contribution in [0.3, 0.4) is 0 Å². The van der Waals surface area contributed by atoms with Crippen molar-refractivity contribution in [3.8, 4) is 0 Å². The van der Waals surface area contributed by atoms with Gasteiger partial charge in [0.1, 0.15) is 17.3 Å². The SMILES string of the molecule is Cc1ccc(CNc2ccc3c(/C=C/c4ccccc4)cccc3n2)o1. The van der Waals surface area contributed by atoms with Crippen LogP contribution in [0.1, 0.15) is 22.6 Å². The number of rotatable bonds is 5. The number of aryl methyl sites for hydroxylation is 1. The summed E-state index contributed by atoms with van der Waals surface area (Å²) in [7, 11) is 0. The fraction of sp³-hybridized carbons (Fsp3) is 0.0870. The van der Waals surface area contributed by atoms with Gasteiger partial charge in [0.15, 0.2) is 0 Å². The Morgan fingerprint density at radius 3 is 2.58 bits per heavy atom. The van der Waals surface area contributed by atoms with Gasteiger partial charge in [-0.1, -0.05) is 54.6 Å². The number of pyridine rings is 1. The van der Waals surface area contributed by atoms with Crippen LogP contribution in [0.15, 0.2) is 77.2 Å². The van der Waals surface area contributed by atoms with Crippen molar-refractivity contribution in [2.45, 2.75) is 13.5 Å². The zero-order valence-electron chi connectivity index (χ0n) is 14.6. The Morgan fingerprint density at radius 1 is 0.885 bits per heavy atom. The van der Waals surface area contributed by atoms with Gasteiger partial charge in [-0.3, -0.25) is 0 Å². The summed E-state index contributed by atoms with van der Waals surface area (Å²) in [5.41, 5.74) is 3.32. The Bertz CT molecular complexity index is 1050. The summed E-state index contributed by atoms with van der Waals surface area (Å²) in [6.45, 7) is 2.57. The molecule has 0 aliphatic carbocycles. The molecule has 2 heterocycles. The molecule has 0 fully saturated rings. The van der Waals surface area contributed by atoms with E-state index in [0.29, 0.717) is 6.54 Å². The molecule has 26 heavy (non-hydrogen) atoms. The number of hydrogen-bond acceptors (Lipinski definition) is 3. The molecule has 3 heteroatoms. The van der Waals surface area contributed by atoms with Crippen LogP contribution >= 0.6 is 0 Å². The van der Waals surface area contributed by atoms with Crippen LogP contribution in [0, 0.1) is 6.92 Å². The molecule has 0 bridgehead atoms. The van der Waals surface area contributed by atoms with Gasteiger partial charge in [0, 0.05) is 5.39 Å². The Labute approximate surface area is 153 Å². The van der Waals surface area contributed by atoms with E-state index in [4.69, 9.17) is 9.40 Å². The predicted octanol–water partition coefficient (Wildman–Crippen LogP) is 5.92. The first-order chi connectivity index (χ1) is 12.8. The zero-order chi connectivity index (χ0) is 17.8. The summed E-state index contributed by atoms with van der Waals surface area (Å²) in [6.07, 6.45) is 4.26. The molecule has 2 aromatic carbocycles. The molecule has 0 spiro atoms. The van der Waals surface area contributed by atoms with Crippen molar-refractivity contribution < 1.29 is 4.42 Å². The molecule has 3 nitrogen and oxygen atoms in total. The second-order valence-corrected chi connectivity index (χ2v) is 6.22. The average Bonchev–Trinajstić information content (AvgIpc) is 3.10. The molecule has 0 saturated carbocycles. The molecule has 0 radical (unpaired) electrons. The maximum absolute atomic E-state index is 5.59. The lowest BCUT2D eigenvalue weighted by Crippen LogP contribution is -2.00. The molecular formula is C23H20N2O. The Balaban J connectivity index is 1.56. The van der Waals surface area contributed by atoms with Gasteiger partial charge in [-0.15, -0.1) is 0 Å². The largest absolute Gasteiger partial charge is 0.465 e. The molecule has 0 unspecified atom stereocenters. The number of nitrogens with one attached hydrogen (secondary N) is 1. The molecule has 0 saturated heterocycles. The van der Waals surface area contributed by atoms with Gasteiger partial charge < -0.3 is 9.73 Å². The number of hydrogen-bond donors (Lipinski definition) is 1. The smallest absolute Gasteiger partial charge is 0.127 e. The van der Waals surface area contributed by atoms with E-state index in [1.807, 2.05) is 55.5 Å². The highest BCUT2D eigenvalue weighted by Crippen LogP contribution is 2.22. The summed E-state index contributed by atoms with van der Waals surface area (Å²) >= 11 is 0. The Hall–Kier alpha value is -3.33. The second kappa shape index (κ2) is 7.28. The van der Waals surface area contributed by atoms with Gasteiger partial charge in [-0.2, -0.15) is 0 Å². The maximum Gasteiger partial charge on any atom is 0.127 e. The molecule has 4 aromatic rings. The minimum Gasteiger partial charge on any atom is -0.465 e. The third-order valence-corrected chi connectivity index (χ3v) is 4.26. The van der Waals surface area contributed by atoms with E-state index in [1.54, 1.807) is 0 Å². The fourth-order valence-corrected chi connectivity index (χ4v) is 2.93. The monoisotopic (exact) mass is 340 g/mol. The zero-order valence-corrected chi connectivity index (χ0v) is 14.6. The maximum atomic E-state index is 5.59. The lowest BCUT2D eigenvalue weighted by atomic mass is 10.1. The van der Waals surface area contributed by atoms with Gasteiger partial charge in [-0.05, 0) is 48.4 Å². The van der Waals surface area contributed by atoms with Gasteiger partial charge in [0.05, 0.1) is 12.1 Å². The number of benzene rings is 2. The highest BCUT2D eigenvalue weighted by atomic mass is 16.3. The van der Waals surface area contributed by atoms with Crippen LogP contribution in [0.5, 0.6) is 0 Å². The third kappa shape index (κ3) is 3.67. The van der Waals surface area contributed by atoms with Crippen LogP contribution in [-0.2, 0) is 6.54 Å². The lowest BCUT2D eigenvalue weighted by molar-refractivity contribution is 0.490. The van der Waals surface area contributed by atoms with Crippen LogP contribution < -0.4 is 5.32 Å². The minimum atomic E-state index is 0.625. The van der Waals surface area contributed by atoms with E-state index in [0.717, 1.165) is 33.8 Å². The van der Waals surface area contributed by atoms with Crippen LogP contribution in [-0.4, -0.2) is 4.98 Å². The number of aromatic nitrogens is 1. The molecule has 4 rings (SSSR count). The van der Waals surface area contributed by atoms with Crippen LogP contribution in [0.25, 0.3) is 23.1 Å². The predicted molar refractivity (Wildman–Crippen MR) is 108 cm³/mol. The van der Waals surface area contributed by atoms with E-state index in [1.165, 1.54) is 5.56 Å². The third-order valence-electron chi connectivity index (χ3n) is 4.26. The van der Waals surface area contributed by atoms with E-state index < -0.39 is 0 Å². The van der Waals surface area contributed by atoms with E-state index >= 15 is 0 Å². The van der Waals surface area contributed by atoms with Gasteiger partial charge >= 0.3 is 0 Å². The number of nitrogens with zero attached hydrogens (tertiary/aromatic N) is 1. The quantitative estimate of drug-likeness (QED) is 0.458. The Kier molecular flexibility index (Phi) is 4.52. The molecular weight excluding hydrogens is 320 g/mol. The minimum absolute atomic E-state index is 0.625. The van der Waals surface area contributed by atoms with Crippen molar-refractivity contribution >= 4 is 28.9 Å². The summed E-state index contributed by atoms with van der Waals surface area (Å²) in [5.74, 6) is 2.67. The number of fused-ring (bicyclic) bond motifs is 1. The van der Waals surface area contributed by atoms with Gasteiger partial charge in [-0.25, -0.2) is 4.98 Å². The molecule has 0 aliphatic rings. The van der Waals surface area contributed by atoms with Crippen molar-refractivity contribution in [3.05, 3.63) is 95.4 Å². The normalized spacial score (nSPS) is 11.3. The lowest BCUT2D eigenvalue weighted by Gasteiger charge is -2.07. The summed E-state index contributed by atoms with van der Waals surface area (Å²) in [6, 6.07) is 24.6. The summed E-state index contributed by atoms with van der Waals surface area (Å²) in [5, 5.41) is 4.46. The molecule has 0 aliphatic heterocycles. The van der Waals surface area contributed by atoms with E-state index in [-0.39, 0.29) is 0 Å². The summed E-state index contributed by atoms with van der Waals surface area (Å²) < 4.78 is 5.59. The topological polar surface area (TPSA) is 38.1 Å². The van der Waals surface area contributed by atoms with E-state index in [9.17, 15) is 0 Å². The second-order valence-electron chi connectivity index (χ2n) is 6.22. The summed E-state index contributed by atoms with van der Waals surface area (Å²) in [4.78, 5) is 4.73. The first-order valence-corrected chi connectivity index (χ1v) is 8.70. The number of furan rings is 1. The Morgan fingerprint density at radius 2 is 1.77 bits per heavy atom. The molecule has 0 amide bonds. The average molecular weight is 340 g/mol. The van der Waals surface area contributed by atoms with Crippen LogP contribution in [0.4, 0.5) is 5.82 Å². The molecule has 1 N–H and O–H groups in total. The standard InChI is InChI=1S/C23H20N2O/c1-17-10-13-20(26-17)16-24-23-15-14-21-19(8-5-9-22(21)25-23)12-11-18-6-3-2-4-7-18/h2-15H,16H2,1H3,(H,24,25)/b12-11+. The van der Waals surface area contributed by atoms with Crippen molar-refractivity contribution in [2.75, 3.05) is 5.32 Å². The first-order valence-electron chi connectivity index (χ1n) is 8.70. The van der Waals surface area contributed by atoms with Crippen molar-refractivity contribution in [3.63, 3.8) is 0 Å². The molecule has 0 atom stereocenters. The first kappa shape index (κ1) is 16.2. The van der Waals surface area contributed by atoms with Crippen molar-refractivity contribution in [1.29, 1.82) is 0 Å².